The summed E-state index contributed by atoms with van der Waals surface area (Å²) in [7, 11) is 0. The standard InChI is InChI=1S/C11H7Cl2F3O3/c12-7-2-1-6(5-8(7)13)3-4-10(19,9(17)18)11(14,15)16/h1-5,19H,(H,17,18). The number of benzene rings is 1. The Balaban J connectivity index is 3.13. The smallest absolute Gasteiger partial charge is 0.431 e. The first-order valence-corrected chi connectivity index (χ1v) is 5.50. The van der Waals surface area contributed by atoms with Gasteiger partial charge in [0.1, 0.15) is 0 Å². The van der Waals surface area contributed by atoms with Crippen molar-refractivity contribution in [2.45, 2.75) is 11.8 Å². The van der Waals surface area contributed by atoms with E-state index >= 15 is 0 Å². The molecule has 8 heteroatoms. The normalized spacial score (nSPS) is 15.5. The lowest BCUT2D eigenvalue weighted by Crippen LogP contribution is -2.50. The largest absolute Gasteiger partial charge is 0.479 e. The fourth-order valence-electron chi connectivity index (χ4n) is 1.12. The molecule has 0 amide bonds. The number of aliphatic hydroxyl groups is 1. The number of hydrogen-bond donors (Lipinski definition) is 2. The highest BCUT2D eigenvalue weighted by atomic mass is 35.5. The summed E-state index contributed by atoms with van der Waals surface area (Å²) in [5.74, 6) is -2.42. The summed E-state index contributed by atoms with van der Waals surface area (Å²) in [5.41, 5.74) is -3.79. The highest BCUT2D eigenvalue weighted by Crippen LogP contribution is 2.33. The third-order valence-corrected chi connectivity index (χ3v) is 2.96. The molecule has 1 aromatic rings. The Hall–Kier alpha value is -1.24. The Morgan fingerprint density at radius 3 is 2.21 bits per heavy atom. The van der Waals surface area contributed by atoms with Crippen molar-refractivity contribution in [2.24, 2.45) is 0 Å². The first-order chi connectivity index (χ1) is 8.58. The molecule has 3 nitrogen and oxygen atoms in total. The van der Waals surface area contributed by atoms with Gasteiger partial charge in [-0.25, -0.2) is 4.79 Å². The second kappa shape index (κ2) is 5.40. The molecule has 0 spiro atoms. The van der Waals surface area contributed by atoms with Crippen LogP contribution in [0.15, 0.2) is 24.3 Å². The number of rotatable bonds is 3. The van der Waals surface area contributed by atoms with Crippen molar-refractivity contribution in [1.29, 1.82) is 0 Å². The Labute approximate surface area is 115 Å². The molecule has 0 aliphatic heterocycles. The molecule has 1 rings (SSSR count). The van der Waals surface area contributed by atoms with Crippen LogP contribution in [0.3, 0.4) is 0 Å². The van der Waals surface area contributed by atoms with Gasteiger partial charge in [-0.15, -0.1) is 0 Å². The van der Waals surface area contributed by atoms with Gasteiger partial charge in [0.25, 0.3) is 5.60 Å². The number of halogens is 5. The minimum atomic E-state index is -5.34. The van der Waals surface area contributed by atoms with Crippen molar-refractivity contribution in [3.63, 3.8) is 0 Å². The Morgan fingerprint density at radius 2 is 1.79 bits per heavy atom. The molecule has 0 heterocycles. The van der Waals surface area contributed by atoms with Crippen LogP contribution in [0, 0.1) is 0 Å². The van der Waals surface area contributed by atoms with Gasteiger partial charge in [-0.05, 0) is 23.8 Å². The zero-order chi connectivity index (χ0) is 14.8. The van der Waals surface area contributed by atoms with Crippen LogP contribution in [0.5, 0.6) is 0 Å². The van der Waals surface area contributed by atoms with Gasteiger partial charge in [0, 0.05) is 0 Å². The van der Waals surface area contributed by atoms with Gasteiger partial charge < -0.3 is 10.2 Å². The van der Waals surface area contributed by atoms with E-state index in [1.165, 1.54) is 18.2 Å². The quantitative estimate of drug-likeness (QED) is 0.899. The number of carboxylic acids is 1. The maximum atomic E-state index is 12.5. The van der Waals surface area contributed by atoms with Gasteiger partial charge in [0.2, 0.25) is 0 Å². The van der Waals surface area contributed by atoms with Crippen LogP contribution in [0.2, 0.25) is 10.0 Å². The monoisotopic (exact) mass is 314 g/mol. The number of aliphatic carboxylic acids is 1. The molecule has 0 saturated carbocycles. The van der Waals surface area contributed by atoms with E-state index in [2.05, 4.69) is 0 Å². The first-order valence-electron chi connectivity index (χ1n) is 4.74. The zero-order valence-corrected chi connectivity index (χ0v) is 10.6. The fraction of sp³-hybridized carbons (Fsp3) is 0.182. The van der Waals surface area contributed by atoms with Gasteiger partial charge in [0.05, 0.1) is 10.0 Å². The Morgan fingerprint density at radius 1 is 1.21 bits per heavy atom. The lowest BCUT2D eigenvalue weighted by atomic mass is 10.0. The van der Waals surface area contributed by atoms with E-state index in [0.29, 0.717) is 0 Å². The topological polar surface area (TPSA) is 57.5 Å². The minimum Gasteiger partial charge on any atom is -0.479 e. The number of carboxylic acid groups (broad SMARTS) is 1. The van der Waals surface area contributed by atoms with E-state index in [4.69, 9.17) is 33.4 Å². The molecule has 19 heavy (non-hydrogen) atoms. The maximum absolute atomic E-state index is 12.5. The van der Waals surface area contributed by atoms with E-state index in [0.717, 1.165) is 6.08 Å². The summed E-state index contributed by atoms with van der Waals surface area (Å²) in [5, 5.41) is 17.9. The molecule has 0 bridgehead atoms. The van der Waals surface area contributed by atoms with Crippen LogP contribution in [0.25, 0.3) is 6.08 Å². The maximum Gasteiger partial charge on any atom is 0.431 e. The molecule has 0 aromatic heterocycles. The fourth-order valence-corrected chi connectivity index (χ4v) is 1.43. The second-order valence-electron chi connectivity index (χ2n) is 3.58. The van der Waals surface area contributed by atoms with Gasteiger partial charge in [-0.1, -0.05) is 35.3 Å². The van der Waals surface area contributed by atoms with Gasteiger partial charge in [-0.3, -0.25) is 0 Å². The average molecular weight is 315 g/mol. The molecule has 0 aliphatic carbocycles. The molecule has 104 valence electrons. The van der Waals surface area contributed by atoms with Gasteiger partial charge >= 0.3 is 12.1 Å². The third kappa shape index (κ3) is 3.40. The van der Waals surface area contributed by atoms with E-state index in [1.54, 1.807) is 0 Å². The molecule has 1 unspecified atom stereocenters. The number of hydrogen-bond acceptors (Lipinski definition) is 2. The predicted octanol–water partition coefficient (Wildman–Crippen LogP) is 3.38. The van der Waals surface area contributed by atoms with Crippen molar-refractivity contribution in [3.8, 4) is 0 Å². The van der Waals surface area contributed by atoms with E-state index < -0.39 is 17.7 Å². The molecule has 0 saturated heterocycles. The molecule has 0 aliphatic rings. The number of carbonyl (C=O) groups is 1. The summed E-state index contributed by atoms with van der Waals surface area (Å²) in [4.78, 5) is 10.5. The SMILES string of the molecule is O=C(O)C(O)(C=Cc1ccc(Cl)c(Cl)c1)C(F)(F)F. The first kappa shape index (κ1) is 15.8. The number of alkyl halides is 3. The van der Waals surface area contributed by atoms with Crippen LogP contribution in [0.1, 0.15) is 5.56 Å². The molecule has 0 fully saturated rings. The van der Waals surface area contributed by atoms with Crippen molar-refractivity contribution in [3.05, 3.63) is 39.9 Å². The Kier molecular flexibility index (Phi) is 4.50. The van der Waals surface area contributed by atoms with Crippen LogP contribution >= 0.6 is 23.2 Å². The highest BCUT2D eigenvalue weighted by Gasteiger charge is 2.58. The van der Waals surface area contributed by atoms with Crippen molar-refractivity contribution >= 4 is 35.2 Å². The third-order valence-electron chi connectivity index (χ3n) is 2.22. The zero-order valence-electron chi connectivity index (χ0n) is 9.08. The summed E-state index contributed by atoms with van der Waals surface area (Å²) < 4.78 is 37.4. The predicted molar refractivity (Wildman–Crippen MR) is 64.1 cm³/mol. The van der Waals surface area contributed by atoms with Crippen molar-refractivity contribution in [1.82, 2.24) is 0 Å². The van der Waals surface area contributed by atoms with Gasteiger partial charge in [-0.2, -0.15) is 13.2 Å². The van der Waals surface area contributed by atoms with Crippen molar-refractivity contribution < 1.29 is 28.2 Å². The van der Waals surface area contributed by atoms with E-state index in [9.17, 15) is 18.0 Å². The lowest BCUT2D eigenvalue weighted by molar-refractivity contribution is -0.242. The van der Waals surface area contributed by atoms with Gasteiger partial charge in [0.15, 0.2) is 0 Å². The van der Waals surface area contributed by atoms with E-state index in [1.807, 2.05) is 0 Å². The average Bonchev–Trinajstić information content (AvgIpc) is 2.28. The molecular weight excluding hydrogens is 308 g/mol. The summed E-state index contributed by atoms with van der Waals surface area (Å²) in [6, 6.07) is 3.89. The summed E-state index contributed by atoms with van der Waals surface area (Å²) >= 11 is 11.3. The summed E-state index contributed by atoms with van der Waals surface area (Å²) in [6.45, 7) is 0. The molecular formula is C11H7Cl2F3O3. The highest BCUT2D eigenvalue weighted by molar-refractivity contribution is 6.42. The van der Waals surface area contributed by atoms with Crippen LogP contribution in [-0.4, -0.2) is 28.0 Å². The molecule has 1 atom stereocenters. The van der Waals surface area contributed by atoms with Crippen molar-refractivity contribution in [2.75, 3.05) is 0 Å². The molecule has 1 aromatic carbocycles. The van der Waals surface area contributed by atoms with Crippen LogP contribution in [-0.2, 0) is 4.79 Å². The van der Waals surface area contributed by atoms with Crippen LogP contribution < -0.4 is 0 Å². The lowest BCUT2D eigenvalue weighted by Gasteiger charge is -2.22. The molecule has 2 N–H and O–H groups in total. The van der Waals surface area contributed by atoms with Crippen LogP contribution in [0.4, 0.5) is 13.2 Å². The minimum absolute atomic E-state index is 0.0923. The van der Waals surface area contributed by atoms with E-state index in [-0.39, 0.29) is 21.7 Å². The molecule has 0 radical (unpaired) electrons. The summed E-state index contributed by atoms with van der Waals surface area (Å²) in [6.07, 6.45) is -4.41. The second-order valence-corrected chi connectivity index (χ2v) is 4.39. The Bertz CT molecular complexity index is 528.